The maximum Gasteiger partial charge on any atom is 0.194 e. The summed E-state index contributed by atoms with van der Waals surface area (Å²) < 4.78 is 7.70. The molecule has 2 heterocycles. The molecule has 2 rings (SSSR count). The summed E-state index contributed by atoms with van der Waals surface area (Å²) in [7, 11) is 4.04. The Hall–Kier alpha value is -1.62. The molecule has 0 aliphatic rings. The van der Waals surface area contributed by atoms with E-state index in [2.05, 4.69) is 21.9 Å². The first-order chi connectivity index (χ1) is 8.70. The molecule has 0 saturated heterocycles. The van der Waals surface area contributed by atoms with Gasteiger partial charge in [0.05, 0.1) is 6.54 Å². The summed E-state index contributed by atoms with van der Waals surface area (Å²) in [4.78, 5) is 6.35. The standard InChI is InChI=1S/C13H20N4O/c1-4-5-8-17-13(14-10-15-17)12-7-6-11(18-12)9-16(2)3/h6-7,10H,4-5,8-9H2,1-3H3. The van der Waals surface area contributed by atoms with E-state index in [1.54, 1.807) is 6.33 Å². The molecule has 0 radical (unpaired) electrons. The molecule has 0 saturated carbocycles. The Morgan fingerprint density at radius 3 is 2.89 bits per heavy atom. The molecule has 0 spiro atoms. The average molecular weight is 248 g/mol. The number of rotatable bonds is 6. The van der Waals surface area contributed by atoms with E-state index >= 15 is 0 Å². The smallest absolute Gasteiger partial charge is 0.194 e. The number of furan rings is 1. The molecule has 0 amide bonds. The summed E-state index contributed by atoms with van der Waals surface area (Å²) in [6, 6.07) is 3.96. The van der Waals surface area contributed by atoms with Crippen molar-refractivity contribution in [2.24, 2.45) is 0 Å². The van der Waals surface area contributed by atoms with E-state index in [-0.39, 0.29) is 0 Å². The van der Waals surface area contributed by atoms with Gasteiger partial charge in [-0.1, -0.05) is 13.3 Å². The lowest BCUT2D eigenvalue weighted by atomic mass is 10.3. The zero-order chi connectivity index (χ0) is 13.0. The maximum absolute atomic E-state index is 5.79. The van der Waals surface area contributed by atoms with Gasteiger partial charge in [-0.3, -0.25) is 0 Å². The monoisotopic (exact) mass is 248 g/mol. The van der Waals surface area contributed by atoms with Crippen LogP contribution in [0, 0.1) is 0 Å². The summed E-state index contributed by atoms with van der Waals surface area (Å²) in [5.41, 5.74) is 0. The first-order valence-electron chi connectivity index (χ1n) is 6.32. The van der Waals surface area contributed by atoms with E-state index < -0.39 is 0 Å². The van der Waals surface area contributed by atoms with E-state index in [4.69, 9.17) is 4.42 Å². The number of hydrogen-bond acceptors (Lipinski definition) is 4. The van der Waals surface area contributed by atoms with Gasteiger partial charge in [-0.2, -0.15) is 5.10 Å². The van der Waals surface area contributed by atoms with Crippen molar-refractivity contribution >= 4 is 0 Å². The number of unbranched alkanes of at least 4 members (excludes halogenated alkanes) is 1. The van der Waals surface area contributed by atoms with Gasteiger partial charge in [0.2, 0.25) is 0 Å². The molecule has 0 N–H and O–H groups in total. The lowest BCUT2D eigenvalue weighted by molar-refractivity contribution is 0.352. The Morgan fingerprint density at radius 2 is 2.17 bits per heavy atom. The quantitative estimate of drug-likeness (QED) is 0.787. The highest BCUT2D eigenvalue weighted by Gasteiger charge is 2.11. The van der Waals surface area contributed by atoms with Crippen LogP contribution in [0.4, 0.5) is 0 Å². The van der Waals surface area contributed by atoms with Gasteiger partial charge < -0.3 is 9.32 Å². The number of hydrogen-bond donors (Lipinski definition) is 0. The number of aromatic nitrogens is 3. The minimum absolute atomic E-state index is 0.792. The Bertz CT molecular complexity index is 487. The SMILES string of the molecule is CCCCn1ncnc1-c1ccc(CN(C)C)o1. The molecule has 0 aliphatic heterocycles. The predicted octanol–water partition coefficient (Wildman–Crippen LogP) is 2.40. The second kappa shape index (κ2) is 5.82. The highest BCUT2D eigenvalue weighted by atomic mass is 16.3. The van der Waals surface area contributed by atoms with Crippen molar-refractivity contribution in [2.45, 2.75) is 32.9 Å². The van der Waals surface area contributed by atoms with E-state index in [1.807, 2.05) is 30.9 Å². The Kier molecular flexibility index (Phi) is 4.15. The zero-order valence-corrected chi connectivity index (χ0v) is 11.3. The zero-order valence-electron chi connectivity index (χ0n) is 11.3. The van der Waals surface area contributed by atoms with E-state index in [1.165, 1.54) is 0 Å². The number of nitrogens with zero attached hydrogens (tertiary/aromatic N) is 4. The van der Waals surface area contributed by atoms with Gasteiger partial charge in [-0.25, -0.2) is 9.67 Å². The first kappa shape index (κ1) is 12.8. The van der Waals surface area contributed by atoms with Crippen molar-refractivity contribution in [2.75, 3.05) is 14.1 Å². The average Bonchev–Trinajstić information content (AvgIpc) is 2.93. The molecule has 18 heavy (non-hydrogen) atoms. The third-order valence-electron chi connectivity index (χ3n) is 2.69. The minimum atomic E-state index is 0.792. The van der Waals surface area contributed by atoms with Crippen LogP contribution in [0.1, 0.15) is 25.5 Å². The van der Waals surface area contributed by atoms with Crippen molar-refractivity contribution in [1.29, 1.82) is 0 Å². The molecule has 98 valence electrons. The van der Waals surface area contributed by atoms with Crippen LogP contribution in [-0.2, 0) is 13.1 Å². The van der Waals surface area contributed by atoms with Gasteiger partial charge in [0.15, 0.2) is 11.6 Å². The third kappa shape index (κ3) is 2.98. The third-order valence-corrected chi connectivity index (χ3v) is 2.69. The molecule has 0 aliphatic carbocycles. The van der Waals surface area contributed by atoms with Crippen LogP contribution in [0.2, 0.25) is 0 Å². The van der Waals surface area contributed by atoms with Crippen molar-refractivity contribution < 1.29 is 4.42 Å². The van der Waals surface area contributed by atoms with Crippen LogP contribution in [0.5, 0.6) is 0 Å². The van der Waals surface area contributed by atoms with Gasteiger partial charge in [0.25, 0.3) is 0 Å². The topological polar surface area (TPSA) is 47.1 Å². The lowest BCUT2D eigenvalue weighted by Gasteiger charge is -2.06. The predicted molar refractivity (Wildman–Crippen MR) is 70.0 cm³/mol. The summed E-state index contributed by atoms with van der Waals surface area (Å²) in [6.45, 7) is 3.84. The van der Waals surface area contributed by atoms with Crippen LogP contribution in [-0.4, -0.2) is 33.8 Å². The first-order valence-corrected chi connectivity index (χ1v) is 6.32. The fraction of sp³-hybridized carbons (Fsp3) is 0.538. The maximum atomic E-state index is 5.79. The van der Waals surface area contributed by atoms with Crippen molar-refractivity contribution in [1.82, 2.24) is 19.7 Å². The summed E-state index contributed by atoms with van der Waals surface area (Å²) in [5.74, 6) is 2.55. The molecule has 5 heteroatoms. The molecule has 0 aromatic carbocycles. The fourth-order valence-electron chi connectivity index (χ4n) is 1.82. The lowest BCUT2D eigenvalue weighted by Crippen LogP contribution is -2.09. The van der Waals surface area contributed by atoms with E-state index in [0.29, 0.717) is 0 Å². The second-order valence-electron chi connectivity index (χ2n) is 4.66. The van der Waals surface area contributed by atoms with Crippen LogP contribution in [0.25, 0.3) is 11.6 Å². The molecule has 0 fully saturated rings. The van der Waals surface area contributed by atoms with E-state index in [0.717, 1.165) is 43.3 Å². The van der Waals surface area contributed by atoms with Gasteiger partial charge >= 0.3 is 0 Å². The molecule has 0 atom stereocenters. The van der Waals surface area contributed by atoms with Crippen molar-refractivity contribution in [3.63, 3.8) is 0 Å². The van der Waals surface area contributed by atoms with Gasteiger partial charge in [0.1, 0.15) is 12.1 Å². The fourth-order valence-corrected chi connectivity index (χ4v) is 1.82. The highest BCUT2D eigenvalue weighted by molar-refractivity contribution is 5.46. The van der Waals surface area contributed by atoms with Crippen LogP contribution < -0.4 is 0 Å². The summed E-state index contributed by atoms with van der Waals surface area (Å²) >= 11 is 0. The second-order valence-corrected chi connectivity index (χ2v) is 4.66. The Labute approximate surface area is 107 Å². The molecule has 2 aromatic heterocycles. The molecule has 2 aromatic rings. The summed E-state index contributed by atoms with van der Waals surface area (Å²) in [6.07, 6.45) is 3.82. The van der Waals surface area contributed by atoms with E-state index in [9.17, 15) is 0 Å². The largest absolute Gasteiger partial charge is 0.456 e. The Balaban J connectivity index is 2.15. The van der Waals surface area contributed by atoms with Crippen molar-refractivity contribution in [3.8, 4) is 11.6 Å². The number of aryl methyl sites for hydroxylation is 1. The van der Waals surface area contributed by atoms with Gasteiger partial charge in [-0.05, 0) is 32.6 Å². The normalized spacial score (nSPS) is 11.3. The molecular weight excluding hydrogens is 228 g/mol. The highest BCUT2D eigenvalue weighted by Crippen LogP contribution is 2.20. The minimum Gasteiger partial charge on any atom is -0.456 e. The van der Waals surface area contributed by atoms with Crippen molar-refractivity contribution in [3.05, 3.63) is 24.2 Å². The Morgan fingerprint density at radius 1 is 1.33 bits per heavy atom. The molecule has 0 bridgehead atoms. The summed E-state index contributed by atoms with van der Waals surface area (Å²) in [5, 5.41) is 4.24. The van der Waals surface area contributed by atoms with Gasteiger partial charge in [0, 0.05) is 6.54 Å². The van der Waals surface area contributed by atoms with Crippen LogP contribution in [0.3, 0.4) is 0 Å². The molecule has 5 nitrogen and oxygen atoms in total. The van der Waals surface area contributed by atoms with Crippen LogP contribution in [0.15, 0.2) is 22.9 Å². The van der Waals surface area contributed by atoms with Gasteiger partial charge in [-0.15, -0.1) is 0 Å². The molecular formula is C13H20N4O. The molecule has 0 unspecified atom stereocenters. The van der Waals surface area contributed by atoms with Crippen LogP contribution >= 0.6 is 0 Å².